The van der Waals surface area contributed by atoms with Crippen molar-refractivity contribution in [1.29, 1.82) is 5.26 Å². The van der Waals surface area contributed by atoms with Crippen molar-refractivity contribution in [1.82, 2.24) is 0 Å². The van der Waals surface area contributed by atoms with Crippen molar-refractivity contribution < 1.29 is 4.79 Å². The number of nitriles is 1. The summed E-state index contributed by atoms with van der Waals surface area (Å²) in [5.74, 6) is 0.0845. The molecule has 0 heterocycles. The molecule has 1 aliphatic carbocycles. The van der Waals surface area contributed by atoms with Crippen LogP contribution in [0.1, 0.15) is 26.2 Å². The van der Waals surface area contributed by atoms with Crippen molar-refractivity contribution in [2.45, 2.75) is 26.2 Å². The third-order valence-corrected chi connectivity index (χ3v) is 1.60. The van der Waals surface area contributed by atoms with Crippen LogP contribution >= 0.6 is 0 Å². The maximum atomic E-state index is 10.9. The number of rotatable bonds is 0. The van der Waals surface area contributed by atoms with E-state index in [0.717, 1.165) is 30.4 Å². The van der Waals surface area contributed by atoms with Gasteiger partial charge in [0.25, 0.3) is 0 Å². The number of hydrogen-bond acceptors (Lipinski definition) is 2. The number of hydrogen-bond donors (Lipinski definition) is 0. The van der Waals surface area contributed by atoms with E-state index in [2.05, 4.69) is 13.2 Å². The first kappa shape index (κ1) is 10.6. The van der Waals surface area contributed by atoms with Gasteiger partial charge in [-0.15, -0.1) is 0 Å². The van der Waals surface area contributed by atoms with E-state index in [1.54, 1.807) is 6.07 Å². The Kier molecular flexibility index (Phi) is 4.71. The lowest BCUT2D eigenvalue weighted by Gasteiger charge is -2.12. The minimum absolute atomic E-state index is 0.0845. The van der Waals surface area contributed by atoms with Crippen LogP contribution in [0.3, 0.4) is 0 Å². The van der Waals surface area contributed by atoms with Gasteiger partial charge in [0.2, 0.25) is 0 Å². The van der Waals surface area contributed by atoms with E-state index in [1.165, 1.54) is 6.92 Å². The fraction of sp³-hybridized carbons (Fsp3) is 0.400. The van der Waals surface area contributed by atoms with Crippen molar-refractivity contribution in [3.8, 4) is 6.07 Å². The molecule has 0 N–H and O–H groups in total. The van der Waals surface area contributed by atoms with E-state index < -0.39 is 0 Å². The van der Waals surface area contributed by atoms with Crippen molar-refractivity contribution in [3.63, 3.8) is 0 Å². The lowest BCUT2D eigenvalue weighted by molar-refractivity contribution is -0.112. The number of Topliss-reactive ketones (excluding diaryl/α,β-unsaturated/α-hetero) is 1. The molecule has 0 aromatic rings. The average Bonchev–Trinajstić information content (AvgIpc) is 2.02. The Hall–Kier alpha value is -1.36. The summed E-state index contributed by atoms with van der Waals surface area (Å²) in [5.41, 5.74) is 1.46. The van der Waals surface area contributed by atoms with Gasteiger partial charge in [-0.3, -0.25) is 4.79 Å². The molecule has 0 atom stereocenters. The van der Waals surface area contributed by atoms with Crippen LogP contribution in [0.5, 0.6) is 0 Å². The Labute approximate surface area is 73.2 Å². The minimum Gasteiger partial charge on any atom is -0.289 e. The Balaban J connectivity index is 0.000000354. The van der Waals surface area contributed by atoms with Crippen molar-refractivity contribution in [3.05, 3.63) is 24.3 Å². The SMILES string of the molecule is C=C1CCCC(=C)C1=O.CC#N. The Morgan fingerprint density at radius 3 is 1.92 bits per heavy atom. The van der Waals surface area contributed by atoms with Gasteiger partial charge in [-0.05, 0) is 30.4 Å². The molecular formula is C10H13NO. The van der Waals surface area contributed by atoms with Crippen LogP contribution in [0.25, 0.3) is 0 Å². The second-order valence-electron chi connectivity index (χ2n) is 2.61. The van der Waals surface area contributed by atoms with Crippen LogP contribution in [0.15, 0.2) is 24.3 Å². The van der Waals surface area contributed by atoms with Crippen LogP contribution in [-0.4, -0.2) is 5.78 Å². The maximum absolute atomic E-state index is 10.9. The fourth-order valence-corrected chi connectivity index (χ4v) is 0.992. The predicted octanol–water partition coefficient (Wildman–Crippen LogP) is 2.38. The van der Waals surface area contributed by atoms with Crippen LogP contribution in [0.4, 0.5) is 0 Å². The second-order valence-corrected chi connectivity index (χ2v) is 2.61. The summed E-state index contributed by atoms with van der Waals surface area (Å²) in [6.07, 6.45) is 2.76. The minimum atomic E-state index is 0.0845. The molecule has 12 heavy (non-hydrogen) atoms. The molecule has 1 fully saturated rings. The lowest BCUT2D eigenvalue weighted by Crippen LogP contribution is -2.09. The van der Waals surface area contributed by atoms with Gasteiger partial charge in [0.15, 0.2) is 5.78 Å². The van der Waals surface area contributed by atoms with Gasteiger partial charge < -0.3 is 0 Å². The van der Waals surface area contributed by atoms with E-state index in [9.17, 15) is 4.79 Å². The monoisotopic (exact) mass is 163 g/mol. The Bertz CT molecular complexity index is 227. The van der Waals surface area contributed by atoms with Gasteiger partial charge >= 0.3 is 0 Å². The summed E-state index contributed by atoms with van der Waals surface area (Å²) in [5, 5.41) is 7.32. The molecule has 0 aromatic heterocycles. The molecule has 2 heteroatoms. The second kappa shape index (κ2) is 5.31. The largest absolute Gasteiger partial charge is 0.289 e. The molecule has 2 nitrogen and oxygen atoms in total. The molecule has 0 radical (unpaired) electrons. The van der Waals surface area contributed by atoms with Crippen LogP contribution in [0, 0.1) is 11.3 Å². The van der Waals surface area contributed by atoms with Crippen LogP contribution in [-0.2, 0) is 4.79 Å². The average molecular weight is 163 g/mol. The van der Waals surface area contributed by atoms with E-state index in [-0.39, 0.29) is 5.78 Å². The van der Waals surface area contributed by atoms with Gasteiger partial charge in [0.1, 0.15) is 0 Å². The molecule has 0 aliphatic heterocycles. The first-order valence-electron chi connectivity index (χ1n) is 3.84. The number of allylic oxidation sites excluding steroid dienone is 2. The first-order valence-corrected chi connectivity index (χ1v) is 3.84. The summed E-state index contributed by atoms with van der Waals surface area (Å²) < 4.78 is 0. The van der Waals surface area contributed by atoms with Crippen molar-refractivity contribution in [2.24, 2.45) is 0 Å². The zero-order valence-corrected chi connectivity index (χ0v) is 7.39. The quantitative estimate of drug-likeness (QED) is 0.514. The summed E-state index contributed by atoms with van der Waals surface area (Å²) in [4.78, 5) is 10.9. The molecule has 0 amide bonds. The standard InChI is InChI=1S/C8H10O.C2H3N/c1-6-4-3-5-7(2)8(6)9;1-2-3/h1-5H2;1H3. The smallest absolute Gasteiger partial charge is 0.183 e. The third kappa shape index (κ3) is 3.16. The highest BCUT2D eigenvalue weighted by Crippen LogP contribution is 2.21. The van der Waals surface area contributed by atoms with Gasteiger partial charge in [-0.1, -0.05) is 13.2 Å². The Morgan fingerprint density at radius 1 is 1.33 bits per heavy atom. The van der Waals surface area contributed by atoms with Gasteiger partial charge in [0, 0.05) is 6.92 Å². The van der Waals surface area contributed by atoms with Gasteiger partial charge in [-0.25, -0.2) is 0 Å². The maximum Gasteiger partial charge on any atom is 0.183 e. The highest BCUT2D eigenvalue weighted by molar-refractivity contribution is 6.08. The van der Waals surface area contributed by atoms with E-state index in [1.807, 2.05) is 0 Å². The summed E-state index contributed by atoms with van der Waals surface area (Å²) >= 11 is 0. The van der Waals surface area contributed by atoms with E-state index >= 15 is 0 Å². The lowest BCUT2D eigenvalue weighted by atomic mass is 9.91. The number of nitrogens with zero attached hydrogens (tertiary/aromatic N) is 1. The molecule has 0 spiro atoms. The molecular weight excluding hydrogens is 150 g/mol. The third-order valence-electron chi connectivity index (χ3n) is 1.60. The van der Waals surface area contributed by atoms with Crippen molar-refractivity contribution >= 4 is 5.78 Å². The molecule has 0 saturated heterocycles. The summed E-state index contributed by atoms with van der Waals surface area (Å²) in [6.45, 7) is 8.70. The van der Waals surface area contributed by atoms with Crippen molar-refractivity contribution in [2.75, 3.05) is 0 Å². The number of ketones is 1. The molecule has 1 saturated carbocycles. The normalized spacial score (nSPS) is 16.2. The summed E-state index contributed by atoms with van der Waals surface area (Å²) in [6, 6.07) is 1.75. The zero-order chi connectivity index (χ0) is 9.56. The number of carbonyl (C=O) groups is 1. The highest BCUT2D eigenvalue weighted by Gasteiger charge is 2.15. The molecule has 1 aliphatic rings. The van der Waals surface area contributed by atoms with Crippen LogP contribution in [0.2, 0.25) is 0 Å². The highest BCUT2D eigenvalue weighted by atomic mass is 16.1. The van der Waals surface area contributed by atoms with E-state index in [0.29, 0.717) is 0 Å². The zero-order valence-electron chi connectivity index (χ0n) is 7.39. The van der Waals surface area contributed by atoms with Gasteiger partial charge in [0.05, 0.1) is 6.07 Å². The predicted molar refractivity (Wildman–Crippen MR) is 48.4 cm³/mol. The molecule has 0 bridgehead atoms. The topological polar surface area (TPSA) is 40.9 Å². The Morgan fingerprint density at radius 2 is 1.67 bits per heavy atom. The fourth-order valence-electron chi connectivity index (χ4n) is 0.992. The van der Waals surface area contributed by atoms with Crippen LogP contribution < -0.4 is 0 Å². The van der Waals surface area contributed by atoms with E-state index in [4.69, 9.17) is 5.26 Å². The first-order chi connectivity index (χ1) is 5.63. The van der Waals surface area contributed by atoms with Gasteiger partial charge in [-0.2, -0.15) is 5.26 Å². The molecule has 1 rings (SSSR count). The summed E-state index contributed by atoms with van der Waals surface area (Å²) in [7, 11) is 0. The molecule has 0 aromatic carbocycles. The number of carbonyl (C=O) groups excluding carboxylic acids is 1. The molecule has 64 valence electrons. The molecule has 0 unspecified atom stereocenters.